The molecule has 4 fully saturated rings. The summed E-state index contributed by atoms with van der Waals surface area (Å²) in [6.07, 6.45) is 1.74. The van der Waals surface area contributed by atoms with Crippen LogP contribution in [0.1, 0.15) is 102 Å². The van der Waals surface area contributed by atoms with E-state index < -0.39 is 30.9 Å². The molecule has 19 nitrogen and oxygen atoms in total. The first-order valence-electron chi connectivity index (χ1n) is 33.1. The third kappa shape index (κ3) is 14.1. The van der Waals surface area contributed by atoms with E-state index in [9.17, 15) is 44.8 Å². The summed E-state index contributed by atoms with van der Waals surface area (Å²) in [7, 11) is -7.74. The molecule has 0 aliphatic carbocycles. The minimum Gasteiger partial charge on any atom is -0.323 e. The lowest BCUT2D eigenvalue weighted by Gasteiger charge is -2.45. The standard InChI is InChI=1S/C71H89F2N11O8S2/c1-45-29-53(34-64(85)83-43-70(5,6)66-62(83)32-54(68(87)76-66)30-49-9-17-57(72)18-10-49)56(35-74-45)40-78-25-27-81(38-47(78)3)93(89,90)60-21-13-51(14-22-60)52-15-23-61(24-16-52)94(91,92)82-28-26-79(48(4)39-82)41-59-36-75-46(2)37-80(59)42-65(86)84-44-71(7,8)67-63(84)33-55(69(88)77-67)31-50-11-19-58(73)20-12-50/h9-24,32-33,45-48,53,56,59,74-75H,25-31,34-44H2,1-8H3,(H,76,87)(H,77,88)/t45-,46-,47-,48-,53?,56?,59-/m1/s1. The van der Waals surface area contributed by atoms with Gasteiger partial charge in [0.25, 0.3) is 11.1 Å². The Morgan fingerprint density at radius 2 is 0.979 bits per heavy atom. The Morgan fingerprint density at radius 3 is 1.45 bits per heavy atom. The van der Waals surface area contributed by atoms with Gasteiger partial charge in [-0.1, -0.05) is 76.2 Å². The van der Waals surface area contributed by atoms with Crippen molar-refractivity contribution in [1.82, 2.24) is 43.9 Å². The minimum absolute atomic E-state index is 0.00262. The molecule has 94 heavy (non-hydrogen) atoms. The van der Waals surface area contributed by atoms with Gasteiger partial charge in [-0.05, 0) is 135 Å². The van der Waals surface area contributed by atoms with Gasteiger partial charge in [-0.25, -0.2) is 25.6 Å². The molecule has 502 valence electrons. The fraction of sp³-hybridized carbons (Fsp3) is 0.493. The van der Waals surface area contributed by atoms with Crippen LogP contribution in [0, 0.1) is 23.5 Å². The number of amides is 2. The molecule has 8 heterocycles. The van der Waals surface area contributed by atoms with E-state index in [2.05, 4.69) is 56.1 Å². The van der Waals surface area contributed by atoms with Crippen molar-refractivity contribution in [2.75, 3.05) is 101 Å². The van der Waals surface area contributed by atoms with Gasteiger partial charge in [-0.15, -0.1) is 0 Å². The number of carbonyl (C=O) groups excluding carboxylic acids is 2. The van der Waals surface area contributed by atoms with E-state index in [-0.39, 0.29) is 106 Å². The van der Waals surface area contributed by atoms with Crippen LogP contribution in [0.3, 0.4) is 0 Å². The van der Waals surface area contributed by atoms with Crippen molar-refractivity contribution < 1.29 is 35.2 Å². The molecule has 0 saturated carbocycles. The molecule has 12 rings (SSSR count). The van der Waals surface area contributed by atoms with Gasteiger partial charge in [0.2, 0.25) is 31.9 Å². The van der Waals surface area contributed by atoms with Gasteiger partial charge in [0.1, 0.15) is 11.6 Å². The maximum absolute atomic E-state index is 14.5. The number of aromatic nitrogens is 2. The highest BCUT2D eigenvalue weighted by molar-refractivity contribution is 7.89. The zero-order valence-electron chi connectivity index (χ0n) is 55.1. The number of sulfonamides is 2. The molecule has 0 spiro atoms. The smallest absolute Gasteiger partial charge is 0.251 e. The van der Waals surface area contributed by atoms with Crippen molar-refractivity contribution in [1.29, 1.82) is 0 Å². The Bertz CT molecular complexity index is 3890. The zero-order valence-corrected chi connectivity index (χ0v) is 56.8. The Labute approximate surface area is 551 Å². The van der Waals surface area contributed by atoms with Gasteiger partial charge in [0.15, 0.2) is 0 Å². The maximum Gasteiger partial charge on any atom is 0.251 e. The van der Waals surface area contributed by atoms with Gasteiger partial charge in [-0.3, -0.25) is 33.9 Å². The van der Waals surface area contributed by atoms with E-state index in [1.807, 2.05) is 51.7 Å². The van der Waals surface area contributed by atoms with Crippen LogP contribution in [0.5, 0.6) is 0 Å². The average molecular weight is 1330 g/mol. The highest BCUT2D eigenvalue weighted by atomic mass is 32.2. The van der Waals surface area contributed by atoms with Crippen molar-refractivity contribution >= 4 is 43.2 Å². The van der Waals surface area contributed by atoms with Gasteiger partial charge < -0.3 is 30.4 Å². The number of pyridine rings is 2. The summed E-state index contributed by atoms with van der Waals surface area (Å²) in [5.41, 5.74) is 5.51. The third-order valence-corrected chi connectivity index (χ3v) is 24.5. The number of carbonyl (C=O) groups is 2. The number of H-pyrrole nitrogens is 2. The molecule has 2 amide bonds. The van der Waals surface area contributed by atoms with E-state index in [4.69, 9.17) is 0 Å². The van der Waals surface area contributed by atoms with Crippen LogP contribution in [0.25, 0.3) is 11.1 Å². The first kappa shape index (κ1) is 67.2. The molecule has 4 saturated heterocycles. The number of hydrogen-bond acceptors (Lipinski definition) is 13. The SMILES string of the molecule is C[C@@H]1CC(CC(=O)N2CC(C)(C)c3[nH]c(=O)c(Cc4ccc(F)cc4)cc32)C(CN2CCN(S(=O)(=O)c3ccc(-c4ccc(S(=O)(=O)N5CCN(C[C@H]6CN[C@H](C)CN6CC(=O)N6CC(C)(C)c7[nH]c(=O)c(Cc8ccc(F)cc8)cc76)[C@H](C)C5)cc4)cc3)C[C@H]2C)CN1. The highest BCUT2D eigenvalue weighted by Crippen LogP contribution is 2.42. The lowest BCUT2D eigenvalue weighted by atomic mass is 9.80. The number of halogens is 2. The second-order valence-corrected chi connectivity index (χ2v) is 32.6. The van der Waals surface area contributed by atoms with Gasteiger partial charge in [0, 0.05) is 161 Å². The third-order valence-electron chi connectivity index (χ3n) is 20.7. The first-order chi connectivity index (χ1) is 44.6. The van der Waals surface area contributed by atoms with Crippen molar-refractivity contribution in [3.05, 3.63) is 175 Å². The van der Waals surface area contributed by atoms with E-state index in [0.29, 0.717) is 113 Å². The zero-order chi connectivity index (χ0) is 66.8. The molecular weight excluding hydrogens is 1240 g/mol. The van der Waals surface area contributed by atoms with Crippen LogP contribution in [-0.2, 0) is 53.3 Å². The normalized spacial score (nSPS) is 24.7. The molecule has 23 heteroatoms. The minimum atomic E-state index is -3.87. The van der Waals surface area contributed by atoms with Crippen molar-refractivity contribution in [3.63, 3.8) is 0 Å². The van der Waals surface area contributed by atoms with E-state index in [1.165, 1.54) is 28.6 Å². The van der Waals surface area contributed by atoms with Crippen LogP contribution >= 0.6 is 0 Å². The number of piperidine rings is 1. The molecular formula is C71H89F2N11O8S2. The van der Waals surface area contributed by atoms with Crippen LogP contribution in [-0.4, -0.2) is 184 Å². The Morgan fingerprint density at radius 1 is 0.532 bits per heavy atom. The molecule has 0 radical (unpaired) electrons. The molecule has 6 aliphatic rings. The van der Waals surface area contributed by atoms with Crippen LogP contribution in [0.4, 0.5) is 20.2 Å². The molecule has 4 aromatic carbocycles. The lowest BCUT2D eigenvalue weighted by Crippen LogP contribution is -2.63. The van der Waals surface area contributed by atoms with Crippen LogP contribution in [0.2, 0.25) is 0 Å². The summed E-state index contributed by atoms with van der Waals surface area (Å²) < 4.78 is 87.6. The predicted octanol–water partition coefficient (Wildman–Crippen LogP) is 6.90. The lowest BCUT2D eigenvalue weighted by molar-refractivity contribution is -0.121. The second-order valence-electron chi connectivity index (χ2n) is 28.7. The fourth-order valence-corrected chi connectivity index (χ4v) is 18.2. The summed E-state index contributed by atoms with van der Waals surface area (Å²) in [5.74, 6) is -0.566. The first-order valence-corrected chi connectivity index (χ1v) is 36.0. The summed E-state index contributed by atoms with van der Waals surface area (Å²) in [6.45, 7) is 23.0. The van der Waals surface area contributed by atoms with Crippen molar-refractivity contribution in [2.45, 2.75) is 132 Å². The number of rotatable bonds is 17. The molecule has 7 atom stereocenters. The largest absolute Gasteiger partial charge is 0.323 e. The summed E-state index contributed by atoms with van der Waals surface area (Å²) in [6, 6.07) is 29.4. The number of nitrogens with zero attached hydrogens (tertiary/aromatic N) is 7. The highest BCUT2D eigenvalue weighted by Gasteiger charge is 2.45. The molecule has 6 aliphatic heterocycles. The summed E-state index contributed by atoms with van der Waals surface area (Å²) in [4.78, 5) is 72.6. The topological polar surface area (TPSA) is 215 Å². The maximum atomic E-state index is 14.5. The number of aromatic amines is 2. The van der Waals surface area contributed by atoms with Crippen molar-refractivity contribution in [2.24, 2.45) is 11.8 Å². The average Bonchev–Trinajstić information content (AvgIpc) is 1.59. The summed E-state index contributed by atoms with van der Waals surface area (Å²) in [5, 5.41) is 7.23. The Kier molecular flexibility index (Phi) is 19.1. The molecule has 2 unspecified atom stereocenters. The van der Waals surface area contributed by atoms with Gasteiger partial charge >= 0.3 is 0 Å². The van der Waals surface area contributed by atoms with Crippen LogP contribution in [0.15, 0.2) is 129 Å². The van der Waals surface area contributed by atoms with Crippen molar-refractivity contribution in [3.8, 4) is 11.1 Å². The molecule has 0 bridgehead atoms. The predicted molar refractivity (Wildman–Crippen MR) is 361 cm³/mol. The summed E-state index contributed by atoms with van der Waals surface area (Å²) >= 11 is 0. The molecule has 6 aromatic rings. The van der Waals surface area contributed by atoms with E-state index in [0.717, 1.165) is 40.9 Å². The second kappa shape index (κ2) is 26.7. The van der Waals surface area contributed by atoms with Gasteiger partial charge in [-0.2, -0.15) is 8.61 Å². The van der Waals surface area contributed by atoms with Crippen LogP contribution < -0.4 is 31.6 Å². The number of benzene rings is 4. The molecule has 4 N–H and O–H groups in total. The quantitative estimate of drug-likeness (QED) is 0.0733. The number of anilines is 2. The molecule has 2 aromatic heterocycles. The Balaban J connectivity index is 0.632. The van der Waals surface area contributed by atoms with E-state index in [1.54, 1.807) is 82.0 Å². The Hall–Kier alpha value is -6.80. The number of hydrogen-bond donors (Lipinski definition) is 4. The number of nitrogens with one attached hydrogen (secondary N) is 4. The van der Waals surface area contributed by atoms with Gasteiger partial charge in [0.05, 0.1) is 27.7 Å². The number of piperazine rings is 3. The van der Waals surface area contributed by atoms with E-state index >= 15 is 0 Å². The fourth-order valence-electron chi connectivity index (χ4n) is 15.2. The monoisotopic (exact) mass is 1330 g/mol. The number of fused-ring (bicyclic) bond motifs is 2.